The van der Waals surface area contributed by atoms with Crippen LogP contribution in [0, 0.1) is 11.7 Å². The van der Waals surface area contributed by atoms with E-state index >= 15 is 0 Å². The number of rotatable bonds is 2. The summed E-state index contributed by atoms with van der Waals surface area (Å²) in [6.45, 7) is 0.454. The van der Waals surface area contributed by atoms with Crippen molar-refractivity contribution >= 4 is 47.4 Å². The normalized spacial score (nSPS) is 20.1. The number of hydrogen-bond acceptors (Lipinski definition) is 2. The van der Waals surface area contributed by atoms with Crippen LogP contribution in [0.15, 0.2) is 12.1 Å². The summed E-state index contributed by atoms with van der Waals surface area (Å²) in [5, 5.41) is 0.239. The maximum absolute atomic E-state index is 13.8. The highest BCUT2D eigenvalue weighted by atomic mass is 35.5. The van der Waals surface area contributed by atoms with E-state index in [0.29, 0.717) is 23.7 Å². The lowest BCUT2D eigenvalue weighted by Gasteiger charge is -2.18. The van der Waals surface area contributed by atoms with Crippen molar-refractivity contribution in [1.82, 2.24) is 0 Å². The van der Waals surface area contributed by atoms with Gasteiger partial charge in [-0.3, -0.25) is 4.79 Å². The zero-order valence-corrected chi connectivity index (χ0v) is 11.2. The van der Waals surface area contributed by atoms with E-state index in [1.807, 2.05) is 0 Å². The Balaban J connectivity index is 2.38. The number of thiol groups is 1. The summed E-state index contributed by atoms with van der Waals surface area (Å²) >= 11 is 15.7. The molecule has 1 saturated heterocycles. The molecule has 1 unspecified atom stereocenters. The van der Waals surface area contributed by atoms with Gasteiger partial charge in [0, 0.05) is 18.0 Å². The van der Waals surface area contributed by atoms with Crippen molar-refractivity contribution in [2.75, 3.05) is 17.2 Å². The van der Waals surface area contributed by atoms with Crippen LogP contribution in [0.2, 0.25) is 10.0 Å². The topological polar surface area (TPSA) is 20.3 Å². The number of carbonyl (C=O) groups is 1. The Morgan fingerprint density at radius 2 is 2.18 bits per heavy atom. The summed E-state index contributed by atoms with van der Waals surface area (Å²) in [6, 6.07) is 2.74. The van der Waals surface area contributed by atoms with Gasteiger partial charge in [0.15, 0.2) is 5.82 Å². The first-order valence-corrected chi connectivity index (χ1v) is 6.47. The largest absolute Gasteiger partial charge is 0.309 e. The summed E-state index contributed by atoms with van der Waals surface area (Å²) in [5.41, 5.74) is 0.150. The minimum Gasteiger partial charge on any atom is -0.309 e. The molecule has 1 aliphatic heterocycles. The van der Waals surface area contributed by atoms with Crippen molar-refractivity contribution in [3.05, 3.63) is 28.0 Å². The van der Waals surface area contributed by atoms with E-state index in [4.69, 9.17) is 23.2 Å². The van der Waals surface area contributed by atoms with Crippen LogP contribution in [0.4, 0.5) is 10.1 Å². The maximum atomic E-state index is 13.8. The van der Waals surface area contributed by atoms with Gasteiger partial charge >= 0.3 is 0 Å². The lowest BCUT2D eigenvalue weighted by atomic mass is 10.1. The molecule has 1 amide bonds. The molecule has 92 valence electrons. The number of nitrogens with zero attached hydrogens (tertiary/aromatic N) is 1. The Bertz CT molecular complexity index is 469. The smallest absolute Gasteiger partial charge is 0.227 e. The number of amides is 1. The molecule has 0 bridgehead atoms. The predicted molar refractivity (Wildman–Crippen MR) is 70.7 cm³/mol. The average molecular weight is 294 g/mol. The highest BCUT2D eigenvalue weighted by Gasteiger charge is 2.31. The Morgan fingerprint density at radius 3 is 2.76 bits per heavy atom. The third kappa shape index (κ3) is 2.54. The van der Waals surface area contributed by atoms with Gasteiger partial charge in [-0.1, -0.05) is 23.2 Å². The molecule has 2 nitrogen and oxygen atoms in total. The molecule has 1 aromatic carbocycles. The fourth-order valence-corrected chi connectivity index (χ4v) is 2.60. The molecule has 1 aliphatic rings. The second kappa shape index (κ2) is 5.04. The molecule has 1 fully saturated rings. The zero-order chi connectivity index (χ0) is 12.6. The summed E-state index contributed by atoms with van der Waals surface area (Å²) < 4.78 is 13.8. The minimum absolute atomic E-state index is 0.0744. The SMILES string of the molecule is O=C1CC(CS)CN1c1cc(Cl)cc(Cl)c1F. The molecule has 2 rings (SSSR count). The van der Waals surface area contributed by atoms with E-state index in [1.54, 1.807) is 0 Å². The van der Waals surface area contributed by atoms with Gasteiger partial charge in [-0.05, 0) is 23.8 Å². The van der Waals surface area contributed by atoms with E-state index in [0.717, 1.165) is 0 Å². The van der Waals surface area contributed by atoms with Gasteiger partial charge in [0.1, 0.15) is 0 Å². The van der Waals surface area contributed by atoms with E-state index in [-0.39, 0.29) is 22.5 Å². The molecular weight excluding hydrogens is 284 g/mol. The number of carbonyl (C=O) groups excluding carboxylic acids is 1. The van der Waals surface area contributed by atoms with Gasteiger partial charge in [-0.15, -0.1) is 0 Å². The van der Waals surface area contributed by atoms with Crippen LogP contribution in [0.5, 0.6) is 0 Å². The first kappa shape index (κ1) is 13.0. The molecule has 0 aromatic heterocycles. The van der Waals surface area contributed by atoms with Crippen LogP contribution in [-0.2, 0) is 4.79 Å². The first-order chi connectivity index (χ1) is 8.02. The van der Waals surface area contributed by atoms with Crippen molar-refractivity contribution in [1.29, 1.82) is 0 Å². The molecule has 0 spiro atoms. The number of anilines is 1. The molecule has 0 saturated carbocycles. The van der Waals surface area contributed by atoms with E-state index in [9.17, 15) is 9.18 Å². The van der Waals surface area contributed by atoms with Gasteiger partial charge in [-0.25, -0.2) is 4.39 Å². The zero-order valence-electron chi connectivity index (χ0n) is 8.79. The summed E-state index contributed by atoms with van der Waals surface area (Å²) in [5.74, 6) is 0.00605. The summed E-state index contributed by atoms with van der Waals surface area (Å²) in [6.07, 6.45) is 0.382. The molecule has 17 heavy (non-hydrogen) atoms. The molecule has 1 atom stereocenters. The van der Waals surface area contributed by atoms with E-state index < -0.39 is 5.82 Å². The summed E-state index contributed by atoms with van der Waals surface area (Å²) in [7, 11) is 0. The highest BCUT2D eigenvalue weighted by molar-refractivity contribution is 7.80. The van der Waals surface area contributed by atoms with Crippen molar-refractivity contribution in [3.8, 4) is 0 Å². The van der Waals surface area contributed by atoms with Crippen LogP contribution in [0.25, 0.3) is 0 Å². The Morgan fingerprint density at radius 1 is 1.47 bits per heavy atom. The van der Waals surface area contributed by atoms with Crippen LogP contribution >= 0.6 is 35.8 Å². The molecule has 6 heteroatoms. The molecule has 0 N–H and O–H groups in total. The average Bonchev–Trinajstić information content (AvgIpc) is 2.65. The Kier molecular flexibility index (Phi) is 3.85. The molecule has 1 aromatic rings. The quantitative estimate of drug-likeness (QED) is 0.654. The van der Waals surface area contributed by atoms with Crippen molar-refractivity contribution in [2.45, 2.75) is 6.42 Å². The van der Waals surface area contributed by atoms with Gasteiger partial charge in [0.2, 0.25) is 5.91 Å². The monoisotopic (exact) mass is 293 g/mol. The van der Waals surface area contributed by atoms with Gasteiger partial charge in [0.25, 0.3) is 0 Å². The number of hydrogen-bond donors (Lipinski definition) is 1. The van der Waals surface area contributed by atoms with Gasteiger partial charge in [0.05, 0.1) is 10.7 Å². The lowest BCUT2D eigenvalue weighted by molar-refractivity contribution is -0.117. The fourth-order valence-electron chi connectivity index (χ4n) is 1.88. The van der Waals surface area contributed by atoms with Crippen LogP contribution < -0.4 is 4.90 Å². The number of benzene rings is 1. The Hall–Kier alpha value is -0.450. The summed E-state index contributed by atoms with van der Waals surface area (Å²) in [4.78, 5) is 13.1. The number of halogens is 3. The third-order valence-corrected chi connectivity index (χ3v) is 3.74. The lowest BCUT2D eigenvalue weighted by Crippen LogP contribution is -2.25. The second-order valence-electron chi connectivity index (χ2n) is 3.98. The molecule has 0 radical (unpaired) electrons. The minimum atomic E-state index is -0.607. The first-order valence-electron chi connectivity index (χ1n) is 5.08. The van der Waals surface area contributed by atoms with Crippen molar-refractivity contribution in [2.24, 2.45) is 5.92 Å². The van der Waals surface area contributed by atoms with Crippen LogP contribution in [0.1, 0.15) is 6.42 Å². The molecule has 1 heterocycles. The van der Waals surface area contributed by atoms with Crippen molar-refractivity contribution in [3.63, 3.8) is 0 Å². The van der Waals surface area contributed by atoms with Gasteiger partial charge in [-0.2, -0.15) is 12.6 Å². The van der Waals surface area contributed by atoms with E-state index in [2.05, 4.69) is 12.6 Å². The standard InChI is InChI=1S/C11H10Cl2FNOS/c12-7-2-8(13)11(14)9(3-7)15-4-6(5-17)1-10(15)16/h2-3,6,17H,1,4-5H2. The predicted octanol–water partition coefficient (Wildman–Crippen LogP) is 3.42. The van der Waals surface area contributed by atoms with Crippen molar-refractivity contribution < 1.29 is 9.18 Å². The molecule has 0 aliphatic carbocycles. The third-order valence-electron chi connectivity index (χ3n) is 2.73. The Labute approximate surface area is 114 Å². The highest BCUT2D eigenvalue weighted by Crippen LogP contribution is 2.33. The van der Waals surface area contributed by atoms with Crippen LogP contribution in [-0.4, -0.2) is 18.2 Å². The van der Waals surface area contributed by atoms with E-state index in [1.165, 1.54) is 17.0 Å². The fraction of sp³-hybridized carbons (Fsp3) is 0.364. The maximum Gasteiger partial charge on any atom is 0.227 e. The van der Waals surface area contributed by atoms with Gasteiger partial charge < -0.3 is 4.90 Å². The van der Waals surface area contributed by atoms with Crippen LogP contribution in [0.3, 0.4) is 0 Å². The molecular formula is C11H10Cl2FNOS. The second-order valence-corrected chi connectivity index (χ2v) is 5.19.